The van der Waals surface area contributed by atoms with Crippen LogP contribution in [0.4, 0.5) is 0 Å². The summed E-state index contributed by atoms with van der Waals surface area (Å²) < 4.78 is 0. The number of benzene rings is 1. The number of halogens is 1. The van der Waals surface area contributed by atoms with Crippen molar-refractivity contribution in [2.45, 2.75) is 25.6 Å². The minimum absolute atomic E-state index is 0.306. The molecule has 0 saturated carbocycles. The molecule has 0 aliphatic heterocycles. The Morgan fingerprint density at radius 1 is 1.43 bits per heavy atom. The predicted octanol–water partition coefficient (Wildman–Crippen LogP) is 3.08. The Morgan fingerprint density at radius 3 is 2.64 bits per heavy atom. The van der Waals surface area contributed by atoms with Crippen molar-refractivity contribution in [1.82, 2.24) is 0 Å². The third-order valence-electron chi connectivity index (χ3n) is 2.12. The highest BCUT2D eigenvalue weighted by molar-refractivity contribution is 6.17. The zero-order chi connectivity index (χ0) is 10.6. The van der Waals surface area contributed by atoms with Crippen molar-refractivity contribution in [3.63, 3.8) is 0 Å². The monoisotopic (exact) mass is 212 g/mol. The van der Waals surface area contributed by atoms with Gasteiger partial charge in [0.05, 0.1) is 5.56 Å². The molecule has 1 aromatic carbocycles. The van der Waals surface area contributed by atoms with E-state index < -0.39 is 5.97 Å². The molecule has 0 fully saturated rings. The molecular weight excluding hydrogens is 200 g/mol. The van der Waals surface area contributed by atoms with Gasteiger partial charge in [-0.3, -0.25) is 0 Å². The Morgan fingerprint density at radius 2 is 2.14 bits per heavy atom. The van der Waals surface area contributed by atoms with E-state index >= 15 is 0 Å². The van der Waals surface area contributed by atoms with E-state index in [0.29, 0.717) is 11.4 Å². The van der Waals surface area contributed by atoms with Crippen molar-refractivity contribution in [2.75, 3.05) is 0 Å². The van der Waals surface area contributed by atoms with Gasteiger partial charge in [-0.1, -0.05) is 19.4 Å². The number of hydrogen-bond acceptors (Lipinski definition) is 1. The van der Waals surface area contributed by atoms with Crippen molar-refractivity contribution < 1.29 is 9.90 Å². The summed E-state index contributed by atoms with van der Waals surface area (Å²) in [5.74, 6) is -0.532. The van der Waals surface area contributed by atoms with E-state index in [-0.39, 0.29) is 0 Å². The molecule has 1 aromatic rings. The van der Waals surface area contributed by atoms with Crippen LogP contribution in [-0.4, -0.2) is 11.1 Å². The van der Waals surface area contributed by atoms with Crippen LogP contribution in [-0.2, 0) is 12.3 Å². The predicted molar refractivity (Wildman–Crippen MR) is 57.0 cm³/mol. The molecule has 0 aromatic heterocycles. The summed E-state index contributed by atoms with van der Waals surface area (Å²) in [5.41, 5.74) is 2.38. The molecular formula is C11H13ClO2. The first-order chi connectivity index (χ1) is 6.69. The van der Waals surface area contributed by atoms with Gasteiger partial charge < -0.3 is 5.11 Å². The molecule has 3 heteroatoms. The van der Waals surface area contributed by atoms with E-state index in [2.05, 4.69) is 6.92 Å². The molecule has 0 aliphatic rings. The zero-order valence-electron chi connectivity index (χ0n) is 8.09. The standard InChI is InChI=1S/C11H13ClO2/c1-2-3-8-4-5-9(11(13)14)6-10(8)7-12/h4-6H,2-3,7H2,1H3,(H,13,14). The summed E-state index contributed by atoms with van der Waals surface area (Å²) in [7, 11) is 0. The Hall–Kier alpha value is -1.02. The van der Waals surface area contributed by atoms with Gasteiger partial charge >= 0.3 is 5.97 Å². The van der Waals surface area contributed by atoms with Gasteiger partial charge in [0.25, 0.3) is 0 Å². The second kappa shape index (κ2) is 5.01. The SMILES string of the molecule is CCCc1ccc(C(=O)O)cc1CCl. The van der Waals surface area contributed by atoms with Gasteiger partial charge in [-0.15, -0.1) is 11.6 Å². The highest BCUT2D eigenvalue weighted by Gasteiger charge is 2.06. The number of carbonyl (C=O) groups is 1. The quantitative estimate of drug-likeness (QED) is 0.779. The Bertz CT molecular complexity index is 334. The molecule has 0 heterocycles. The zero-order valence-corrected chi connectivity index (χ0v) is 8.84. The van der Waals surface area contributed by atoms with Crippen LogP contribution in [0.5, 0.6) is 0 Å². The van der Waals surface area contributed by atoms with Gasteiger partial charge in [0.1, 0.15) is 0 Å². The summed E-state index contributed by atoms with van der Waals surface area (Å²) in [6.07, 6.45) is 1.98. The van der Waals surface area contributed by atoms with E-state index in [1.54, 1.807) is 12.1 Å². The van der Waals surface area contributed by atoms with Crippen LogP contribution >= 0.6 is 11.6 Å². The number of aryl methyl sites for hydroxylation is 1. The Kier molecular flexibility index (Phi) is 3.96. The minimum atomic E-state index is -0.903. The van der Waals surface area contributed by atoms with Gasteiger partial charge in [-0.05, 0) is 29.7 Å². The number of alkyl halides is 1. The first-order valence-electron chi connectivity index (χ1n) is 4.60. The molecule has 0 saturated heterocycles. The first kappa shape index (κ1) is 11.1. The highest BCUT2D eigenvalue weighted by Crippen LogP contribution is 2.16. The van der Waals surface area contributed by atoms with Crippen LogP contribution in [0.15, 0.2) is 18.2 Å². The second-order valence-electron chi connectivity index (χ2n) is 3.17. The van der Waals surface area contributed by atoms with E-state index in [0.717, 1.165) is 24.0 Å². The van der Waals surface area contributed by atoms with Gasteiger partial charge in [0.15, 0.2) is 0 Å². The van der Waals surface area contributed by atoms with Gasteiger partial charge in [-0.25, -0.2) is 4.79 Å². The smallest absolute Gasteiger partial charge is 0.335 e. The number of rotatable bonds is 4. The third kappa shape index (κ3) is 2.48. The summed E-state index contributed by atoms with van der Waals surface area (Å²) in [4.78, 5) is 10.7. The largest absolute Gasteiger partial charge is 0.478 e. The lowest BCUT2D eigenvalue weighted by atomic mass is 10.0. The molecule has 14 heavy (non-hydrogen) atoms. The van der Waals surface area contributed by atoms with Crippen molar-refractivity contribution >= 4 is 17.6 Å². The van der Waals surface area contributed by atoms with Crippen LogP contribution in [0.1, 0.15) is 34.8 Å². The Labute approximate surface area is 88.5 Å². The fourth-order valence-corrected chi connectivity index (χ4v) is 1.65. The fraction of sp³-hybridized carbons (Fsp3) is 0.364. The van der Waals surface area contributed by atoms with E-state index in [9.17, 15) is 4.79 Å². The molecule has 2 nitrogen and oxygen atoms in total. The van der Waals surface area contributed by atoms with Crippen molar-refractivity contribution in [3.05, 3.63) is 34.9 Å². The molecule has 0 radical (unpaired) electrons. The molecule has 0 amide bonds. The summed E-state index contributed by atoms with van der Waals surface area (Å²) >= 11 is 5.75. The van der Waals surface area contributed by atoms with E-state index in [4.69, 9.17) is 16.7 Å². The summed E-state index contributed by atoms with van der Waals surface area (Å²) in [6.45, 7) is 2.09. The highest BCUT2D eigenvalue weighted by atomic mass is 35.5. The van der Waals surface area contributed by atoms with E-state index in [1.165, 1.54) is 0 Å². The molecule has 0 aliphatic carbocycles. The Balaban J connectivity index is 3.04. The average molecular weight is 213 g/mol. The summed E-state index contributed by atoms with van der Waals surface area (Å²) in [6, 6.07) is 5.13. The lowest BCUT2D eigenvalue weighted by Crippen LogP contribution is -1.99. The molecule has 0 atom stereocenters. The van der Waals surface area contributed by atoms with Crippen LogP contribution in [0.25, 0.3) is 0 Å². The molecule has 0 bridgehead atoms. The molecule has 1 rings (SSSR count). The second-order valence-corrected chi connectivity index (χ2v) is 3.44. The summed E-state index contributed by atoms with van der Waals surface area (Å²) in [5, 5.41) is 8.78. The van der Waals surface area contributed by atoms with E-state index in [1.807, 2.05) is 6.07 Å². The van der Waals surface area contributed by atoms with Crippen molar-refractivity contribution in [1.29, 1.82) is 0 Å². The maximum atomic E-state index is 10.7. The topological polar surface area (TPSA) is 37.3 Å². The number of hydrogen-bond donors (Lipinski definition) is 1. The van der Waals surface area contributed by atoms with Crippen LogP contribution in [0, 0.1) is 0 Å². The van der Waals surface area contributed by atoms with Crippen LogP contribution in [0.2, 0.25) is 0 Å². The van der Waals surface area contributed by atoms with Gasteiger partial charge in [0.2, 0.25) is 0 Å². The van der Waals surface area contributed by atoms with Gasteiger partial charge in [0, 0.05) is 5.88 Å². The lowest BCUT2D eigenvalue weighted by Gasteiger charge is -2.06. The molecule has 1 N–H and O–H groups in total. The van der Waals surface area contributed by atoms with Crippen molar-refractivity contribution in [3.8, 4) is 0 Å². The maximum absolute atomic E-state index is 10.7. The van der Waals surface area contributed by atoms with Gasteiger partial charge in [-0.2, -0.15) is 0 Å². The maximum Gasteiger partial charge on any atom is 0.335 e. The molecule has 0 spiro atoms. The van der Waals surface area contributed by atoms with Crippen LogP contribution < -0.4 is 0 Å². The fourth-order valence-electron chi connectivity index (χ4n) is 1.40. The third-order valence-corrected chi connectivity index (χ3v) is 2.40. The average Bonchev–Trinajstić information content (AvgIpc) is 2.18. The number of carboxylic acids is 1. The number of carboxylic acid groups (broad SMARTS) is 1. The number of aromatic carboxylic acids is 1. The minimum Gasteiger partial charge on any atom is -0.478 e. The van der Waals surface area contributed by atoms with Crippen LogP contribution in [0.3, 0.4) is 0 Å². The van der Waals surface area contributed by atoms with Crippen molar-refractivity contribution in [2.24, 2.45) is 0 Å². The molecule has 76 valence electrons. The lowest BCUT2D eigenvalue weighted by molar-refractivity contribution is 0.0697. The molecule has 0 unspecified atom stereocenters. The normalized spacial score (nSPS) is 10.1. The first-order valence-corrected chi connectivity index (χ1v) is 5.13.